The number of hydrogen-bond acceptors (Lipinski definition) is 4. The van der Waals surface area contributed by atoms with E-state index in [1.807, 2.05) is 60.8 Å². The Morgan fingerprint density at radius 1 is 1.00 bits per heavy atom. The van der Waals surface area contributed by atoms with Crippen LogP contribution in [0, 0.1) is 11.8 Å². The van der Waals surface area contributed by atoms with E-state index in [0.29, 0.717) is 6.54 Å². The number of aliphatic hydroxyl groups is 1. The zero-order valence-corrected chi connectivity index (χ0v) is 16.2. The summed E-state index contributed by atoms with van der Waals surface area (Å²) in [5, 5.41) is 13.3. The van der Waals surface area contributed by atoms with Crippen LogP contribution in [0.3, 0.4) is 0 Å². The molecule has 144 valence electrons. The van der Waals surface area contributed by atoms with E-state index in [2.05, 4.69) is 33.5 Å². The molecule has 1 N–H and O–H groups in total. The first-order chi connectivity index (χ1) is 14.2. The van der Waals surface area contributed by atoms with Gasteiger partial charge in [0.1, 0.15) is 11.5 Å². The normalized spacial score (nSPS) is 10.6. The fourth-order valence-electron chi connectivity index (χ4n) is 3.05. The van der Waals surface area contributed by atoms with Gasteiger partial charge in [0.2, 0.25) is 0 Å². The highest BCUT2D eigenvalue weighted by Crippen LogP contribution is 2.21. The quantitative estimate of drug-likeness (QED) is 0.528. The summed E-state index contributed by atoms with van der Waals surface area (Å²) in [5.41, 5.74) is 4.54. The Labute approximate surface area is 169 Å². The number of imidazole rings is 1. The van der Waals surface area contributed by atoms with Crippen LogP contribution in [0.2, 0.25) is 0 Å². The summed E-state index contributed by atoms with van der Waals surface area (Å²) in [6.45, 7) is 2.77. The number of nitrogens with zero attached hydrogens (tertiary/aromatic N) is 3. The molecule has 5 nitrogen and oxygen atoms in total. The molecular formula is C24H21N3O2. The van der Waals surface area contributed by atoms with Gasteiger partial charge in [-0.05, 0) is 42.0 Å². The third-order valence-electron chi connectivity index (χ3n) is 4.67. The number of aryl methyl sites for hydroxylation is 1. The lowest BCUT2D eigenvalue weighted by atomic mass is 10.1. The molecular weight excluding hydrogens is 362 g/mol. The summed E-state index contributed by atoms with van der Waals surface area (Å²) in [6, 6.07) is 17.4. The highest BCUT2D eigenvalue weighted by Gasteiger charge is 2.09. The topological polar surface area (TPSA) is 64.1 Å². The smallest absolute Gasteiger partial charge is 0.167 e. The number of hydrogen-bond donors (Lipinski definition) is 1. The van der Waals surface area contributed by atoms with Crippen molar-refractivity contribution in [3.63, 3.8) is 0 Å². The lowest BCUT2D eigenvalue weighted by Gasteiger charge is -2.02. The summed E-state index contributed by atoms with van der Waals surface area (Å²) in [4.78, 5) is 4.33. The molecule has 5 heteroatoms. The van der Waals surface area contributed by atoms with Gasteiger partial charge in [-0.2, -0.15) is 0 Å². The molecule has 0 radical (unpaired) electrons. The van der Waals surface area contributed by atoms with E-state index in [1.165, 1.54) is 0 Å². The van der Waals surface area contributed by atoms with E-state index in [1.54, 1.807) is 6.20 Å². The Morgan fingerprint density at radius 3 is 2.34 bits per heavy atom. The van der Waals surface area contributed by atoms with Gasteiger partial charge in [-0.25, -0.2) is 4.98 Å². The summed E-state index contributed by atoms with van der Waals surface area (Å²) in [7, 11) is 0. The Morgan fingerprint density at radius 2 is 1.69 bits per heavy atom. The summed E-state index contributed by atoms with van der Waals surface area (Å²) in [6.07, 6.45) is 4.64. The summed E-state index contributed by atoms with van der Waals surface area (Å²) < 4.78 is 7.60. The van der Waals surface area contributed by atoms with Crippen molar-refractivity contribution in [3.8, 4) is 23.2 Å². The molecule has 0 saturated heterocycles. The molecule has 0 spiro atoms. The predicted octanol–water partition coefficient (Wildman–Crippen LogP) is 4.04. The molecule has 0 saturated carbocycles. The molecule has 29 heavy (non-hydrogen) atoms. The van der Waals surface area contributed by atoms with Gasteiger partial charge in [0.05, 0.1) is 13.2 Å². The molecule has 0 bridgehead atoms. The summed E-state index contributed by atoms with van der Waals surface area (Å²) in [5.74, 6) is 8.06. The minimum Gasteiger partial charge on any atom is -0.392 e. The van der Waals surface area contributed by atoms with Crippen LogP contribution in [0.5, 0.6) is 0 Å². The van der Waals surface area contributed by atoms with Gasteiger partial charge in [-0.3, -0.25) is 0 Å². The Balaban J connectivity index is 1.46. The van der Waals surface area contributed by atoms with Crippen molar-refractivity contribution in [1.29, 1.82) is 0 Å². The van der Waals surface area contributed by atoms with Gasteiger partial charge in [0.25, 0.3) is 0 Å². The number of aliphatic hydroxyl groups excluding tert-OH is 1. The SMILES string of the molecule is CCc1nccn1Cc1cc(-c2ccc(C#Cc3ccc(CO)cc3)cc2)on1. The largest absolute Gasteiger partial charge is 0.392 e. The fourth-order valence-corrected chi connectivity index (χ4v) is 3.05. The number of benzene rings is 2. The molecule has 0 aliphatic heterocycles. The second-order valence-electron chi connectivity index (χ2n) is 6.69. The number of rotatable bonds is 5. The van der Waals surface area contributed by atoms with E-state index in [4.69, 9.17) is 9.63 Å². The number of aromatic nitrogens is 3. The van der Waals surface area contributed by atoms with E-state index in [9.17, 15) is 0 Å². The zero-order valence-electron chi connectivity index (χ0n) is 16.2. The van der Waals surface area contributed by atoms with E-state index < -0.39 is 0 Å². The van der Waals surface area contributed by atoms with Crippen molar-refractivity contribution >= 4 is 0 Å². The van der Waals surface area contributed by atoms with Crippen molar-refractivity contribution in [2.24, 2.45) is 0 Å². The molecule has 2 aromatic heterocycles. The van der Waals surface area contributed by atoms with Crippen LogP contribution in [-0.4, -0.2) is 19.8 Å². The highest BCUT2D eigenvalue weighted by molar-refractivity contribution is 5.59. The Hall–Kier alpha value is -3.62. The van der Waals surface area contributed by atoms with Gasteiger partial charge in [-0.1, -0.05) is 36.1 Å². The molecule has 0 aliphatic rings. The van der Waals surface area contributed by atoms with Crippen molar-refractivity contribution in [2.75, 3.05) is 0 Å². The minimum atomic E-state index is 0.0423. The van der Waals surface area contributed by atoms with Gasteiger partial charge in [0.15, 0.2) is 5.76 Å². The second kappa shape index (κ2) is 8.59. The lowest BCUT2D eigenvalue weighted by molar-refractivity contribution is 0.282. The van der Waals surface area contributed by atoms with E-state index >= 15 is 0 Å². The Kier molecular flexibility index (Phi) is 5.55. The molecule has 0 unspecified atom stereocenters. The molecule has 2 aromatic carbocycles. The van der Waals surface area contributed by atoms with Gasteiger partial charge in [-0.15, -0.1) is 0 Å². The average Bonchev–Trinajstić information content (AvgIpc) is 3.42. The molecule has 0 atom stereocenters. The highest BCUT2D eigenvalue weighted by atomic mass is 16.5. The third kappa shape index (κ3) is 4.45. The minimum absolute atomic E-state index is 0.0423. The molecule has 0 aliphatic carbocycles. The van der Waals surface area contributed by atoms with Crippen molar-refractivity contribution in [2.45, 2.75) is 26.5 Å². The lowest BCUT2D eigenvalue weighted by Crippen LogP contribution is -2.03. The standard InChI is InChI=1S/C24H21N3O2/c1-2-24-25-13-14-27(24)16-22-15-23(29-26-22)21-11-9-19(10-12-21)4-3-18-5-7-20(17-28)8-6-18/h5-15,28H,2,16-17H2,1H3. The summed E-state index contributed by atoms with van der Waals surface area (Å²) >= 11 is 0. The third-order valence-corrected chi connectivity index (χ3v) is 4.67. The predicted molar refractivity (Wildman–Crippen MR) is 111 cm³/mol. The molecule has 0 amide bonds. The van der Waals surface area contributed by atoms with Crippen LogP contribution in [-0.2, 0) is 19.6 Å². The van der Waals surface area contributed by atoms with Crippen LogP contribution >= 0.6 is 0 Å². The van der Waals surface area contributed by atoms with Crippen LogP contribution in [0.4, 0.5) is 0 Å². The molecule has 2 heterocycles. The maximum Gasteiger partial charge on any atom is 0.167 e. The maximum absolute atomic E-state index is 9.09. The molecule has 4 aromatic rings. The van der Waals surface area contributed by atoms with Gasteiger partial charge >= 0.3 is 0 Å². The monoisotopic (exact) mass is 383 g/mol. The first-order valence-corrected chi connectivity index (χ1v) is 9.53. The first-order valence-electron chi connectivity index (χ1n) is 9.53. The molecule has 4 rings (SSSR count). The fraction of sp³-hybridized carbons (Fsp3) is 0.167. The second-order valence-corrected chi connectivity index (χ2v) is 6.69. The van der Waals surface area contributed by atoms with E-state index in [0.717, 1.165) is 46.0 Å². The van der Waals surface area contributed by atoms with Crippen molar-refractivity contribution < 1.29 is 9.63 Å². The van der Waals surface area contributed by atoms with Gasteiger partial charge < -0.3 is 14.2 Å². The van der Waals surface area contributed by atoms with Crippen LogP contribution in [0.25, 0.3) is 11.3 Å². The van der Waals surface area contributed by atoms with E-state index in [-0.39, 0.29) is 6.61 Å². The van der Waals surface area contributed by atoms with Crippen molar-refractivity contribution in [3.05, 3.63) is 95.2 Å². The average molecular weight is 383 g/mol. The van der Waals surface area contributed by atoms with Crippen LogP contribution in [0.1, 0.15) is 35.1 Å². The molecule has 0 fully saturated rings. The first kappa shape index (κ1) is 18.7. The maximum atomic E-state index is 9.09. The van der Waals surface area contributed by atoms with Crippen molar-refractivity contribution in [1.82, 2.24) is 14.7 Å². The van der Waals surface area contributed by atoms with Crippen LogP contribution < -0.4 is 0 Å². The van der Waals surface area contributed by atoms with Gasteiger partial charge in [0, 0.05) is 41.6 Å². The Bertz CT molecular complexity index is 1140. The zero-order chi connectivity index (χ0) is 20.1. The van der Waals surface area contributed by atoms with Crippen LogP contribution in [0.15, 0.2) is 71.5 Å².